The molecule has 1 amide bonds. The van der Waals surface area contributed by atoms with E-state index in [4.69, 9.17) is 4.74 Å². The minimum Gasteiger partial charge on any atom is -0.376 e. The maximum Gasteiger partial charge on any atom is 0.287 e. The molecule has 1 heterocycles. The Morgan fingerprint density at radius 3 is 2.83 bits per heavy atom. The van der Waals surface area contributed by atoms with E-state index in [2.05, 4.69) is 5.32 Å². The van der Waals surface area contributed by atoms with E-state index in [0.717, 1.165) is 19.4 Å². The van der Waals surface area contributed by atoms with Crippen LogP contribution in [0.4, 0.5) is 0 Å². The van der Waals surface area contributed by atoms with Crippen molar-refractivity contribution >= 4 is 11.7 Å². The average Bonchev–Trinajstić information content (AvgIpc) is 2.51. The highest BCUT2D eigenvalue weighted by Gasteiger charge is 2.16. The number of hydrogen-bond acceptors (Lipinski definition) is 3. The van der Waals surface area contributed by atoms with Crippen molar-refractivity contribution in [1.82, 2.24) is 5.32 Å². The Morgan fingerprint density at radius 1 is 1.58 bits per heavy atom. The lowest BCUT2D eigenvalue weighted by molar-refractivity contribution is -0.136. The molecule has 1 aliphatic heterocycles. The van der Waals surface area contributed by atoms with Gasteiger partial charge in [0, 0.05) is 20.1 Å². The third-order valence-electron chi connectivity index (χ3n) is 1.83. The molecule has 68 valence electrons. The van der Waals surface area contributed by atoms with Crippen LogP contribution in [0.15, 0.2) is 0 Å². The Labute approximate surface area is 71.3 Å². The fourth-order valence-electron chi connectivity index (χ4n) is 1.14. The van der Waals surface area contributed by atoms with E-state index in [1.165, 1.54) is 6.92 Å². The van der Waals surface area contributed by atoms with Gasteiger partial charge in [-0.05, 0) is 12.8 Å². The summed E-state index contributed by atoms with van der Waals surface area (Å²) >= 11 is 0. The van der Waals surface area contributed by atoms with Crippen molar-refractivity contribution in [2.45, 2.75) is 25.9 Å². The van der Waals surface area contributed by atoms with Gasteiger partial charge in [-0.2, -0.15) is 0 Å². The molecular weight excluding hydrogens is 158 g/mol. The van der Waals surface area contributed by atoms with Gasteiger partial charge in [0.2, 0.25) is 5.78 Å². The second-order valence-corrected chi connectivity index (χ2v) is 2.90. The van der Waals surface area contributed by atoms with Crippen LogP contribution in [0.5, 0.6) is 0 Å². The summed E-state index contributed by atoms with van der Waals surface area (Å²) in [6, 6.07) is 0. The first-order valence-corrected chi connectivity index (χ1v) is 4.10. The van der Waals surface area contributed by atoms with Crippen molar-refractivity contribution in [2.24, 2.45) is 0 Å². The number of hydrogen-bond donors (Lipinski definition) is 1. The first-order valence-electron chi connectivity index (χ1n) is 4.10. The van der Waals surface area contributed by atoms with E-state index >= 15 is 0 Å². The van der Waals surface area contributed by atoms with Crippen LogP contribution < -0.4 is 5.32 Å². The molecule has 4 nitrogen and oxygen atoms in total. The van der Waals surface area contributed by atoms with Gasteiger partial charge in [-0.1, -0.05) is 0 Å². The Morgan fingerprint density at radius 2 is 2.33 bits per heavy atom. The van der Waals surface area contributed by atoms with Gasteiger partial charge in [0.25, 0.3) is 5.91 Å². The molecule has 1 atom stereocenters. The Hall–Kier alpha value is -0.900. The van der Waals surface area contributed by atoms with E-state index in [0.29, 0.717) is 6.54 Å². The van der Waals surface area contributed by atoms with Gasteiger partial charge in [0.1, 0.15) is 0 Å². The topological polar surface area (TPSA) is 55.4 Å². The zero-order chi connectivity index (χ0) is 8.97. The molecule has 4 heteroatoms. The average molecular weight is 171 g/mol. The van der Waals surface area contributed by atoms with E-state index in [9.17, 15) is 9.59 Å². The second-order valence-electron chi connectivity index (χ2n) is 2.90. The Balaban J connectivity index is 2.16. The molecule has 12 heavy (non-hydrogen) atoms. The van der Waals surface area contributed by atoms with Crippen LogP contribution in [0, 0.1) is 0 Å². The van der Waals surface area contributed by atoms with Crippen molar-refractivity contribution in [3.05, 3.63) is 0 Å². The summed E-state index contributed by atoms with van der Waals surface area (Å²) in [7, 11) is 0. The third kappa shape index (κ3) is 2.62. The van der Waals surface area contributed by atoms with Crippen LogP contribution in [-0.2, 0) is 14.3 Å². The second kappa shape index (κ2) is 4.21. The molecule has 0 bridgehead atoms. The first kappa shape index (κ1) is 9.19. The van der Waals surface area contributed by atoms with Gasteiger partial charge >= 0.3 is 0 Å². The molecule has 1 unspecified atom stereocenters. The summed E-state index contributed by atoms with van der Waals surface area (Å²) in [5, 5.41) is 2.51. The normalized spacial score (nSPS) is 22.2. The van der Waals surface area contributed by atoms with Crippen LogP contribution in [0.3, 0.4) is 0 Å². The predicted molar refractivity (Wildman–Crippen MR) is 42.7 cm³/mol. The van der Waals surface area contributed by atoms with Crippen molar-refractivity contribution < 1.29 is 14.3 Å². The summed E-state index contributed by atoms with van der Waals surface area (Å²) in [6.07, 6.45) is 2.12. The van der Waals surface area contributed by atoms with Gasteiger partial charge in [-0.3, -0.25) is 9.59 Å². The zero-order valence-electron chi connectivity index (χ0n) is 7.13. The Bertz CT molecular complexity index is 185. The number of nitrogens with one attached hydrogen (secondary N) is 1. The molecule has 0 aliphatic carbocycles. The smallest absolute Gasteiger partial charge is 0.287 e. The van der Waals surface area contributed by atoms with E-state index < -0.39 is 11.7 Å². The van der Waals surface area contributed by atoms with Crippen molar-refractivity contribution in [3.63, 3.8) is 0 Å². The van der Waals surface area contributed by atoms with Crippen molar-refractivity contribution in [1.29, 1.82) is 0 Å². The summed E-state index contributed by atoms with van der Waals surface area (Å²) in [5.74, 6) is -0.974. The molecule has 1 fully saturated rings. The van der Waals surface area contributed by atoms with E-state index in [-0.39, 0.29) is 6.10 Å². The highest BCUT2D eigenvalue weighted by molar-refractivity contribution is 6.35. The van der Waals surface area contributed by atoms with Crippen LogP contribution in [0.2, 0.25) is 0 Å². The predicted octanol–water partition coefficient (Wildman–Crippen LogP) is -0.129. The molecule has 1 saturated heterocycles. The maximum absolute atomic E-state index is 10.8. The van der Waals surface area contributed by atoms with Crippen molar-refractivity contribution in [3.8, 4) is 0 Å². The minimum atomic E-state index is -0.523. The van der Waals surface area contributed by atoms with Crippen LogP contribution >= 0.6 is 0 Å². The summed E-state index contributed by atoms with van der Waals surface area (Å²) < 4.78 is 5.26. The van der Waals surface area contributed by atoms with E-state index in [1.54, 1.807) is 0 Å². The maximum atomic E-state index is 10.8. The zero-order valence-corrected chi connectivity index (χ0v) is 7.13. The van der Waals surface area contributed by atoms with Crippen molar-refractivity contribution in [2.75, 3.05) is 13.2 Å². The molecule has 0 aromatic rings. The molecule has 1 N–H and O–H groups in total. The fourth-order valence-corrected chi connectivity index (χ4v) is 1.14. The lowest BCUT2D eigenvalue weighted by atomic mass is 10.2. The van der Waals surface area contributed by atoms with Gasteiger partial charge in [0.15, 0.2) is 0 Å². The quantitative estimate of drug-likeness (QED) is 0.602. The van der Waals surface area contributed by atoms with Crippen LogP contribution in [0.25, 0.3) is 0 Å². The molecule has 0 radical (unpaired) electrons. The number of carbonyl (C=O) groups is 2. The first-order chi connectivity index (χ1) is 5.70. The lowest BCUT2D eigenvalue weighted by Gasteiger charge is -2.08. The molecule has 0 aromatic carbocycles. The molecule has 1 rings (SSSR count). The lowest BCUT2D eigenvalue weighted by Crippen LogP contribution is -2.35. The number of rotatable bonds is 3. The molecular formula is C8H13NO3. The number of ketones is 1. The highest BCUT2D eigenvalue weighted by Crippen LogP contribution is 2.10. The largest absolute Gasteiger partial charge is 0.376 e. The number of Topliss-reactive ketones (excluding diaryl/α,β-unsaturated/α-hetero) is 1. The third-order valence-corrected chi connectivity index (χ3v) is 1.83. The van der Waals surface area contributed by atoms with Gasteiger partial charge in [-0.15, -0.1) is 0 Å². The van der Waals surface area contributed by atoms with Gasteiger partial charge in [0.05, 0.1) is 6.10 Å². The number of ether oxygens (including phenoxy) is 1. The van der Waals surface area contributed by atoms with Gasteiger partial charge < -0.3 is 10.1 Å². The summed E-state index contributed by atoms with van der Waals surface area (Å²) in [4.78, 5) is 21.3. The fraction of sp³-hybridized carbons (Fsp3) is 0.750. The van der Waals surface area contributed by atoms with E-state index in [1.807, 2.05) is 0 Å². The Kier molecular flexibility index (Phi) is 3.22. The molecule has 0 spiro atoms. The summed E-state index contributed by atoms with van der Waals surface area (Å²) in [5.41, 5.74) is 0. The standard InChI is InChI=1S/C8H13NO3/c1-6(10)8(11)9-5-7-3-2-4-12-7/h7H,2-5H2,1H3,(H,9,11). The number of amides is 1. The highest BCUT2D eigenvalue weighted by atomic mass is 16.5. The SMILES string of the molecule is CC(=O)C(=O)NCC1CCCO1. The van der Waals surface area contributed by atoms with Crippen LogP contribution in [0.1, 0.15) is 19.8 Å². The molecule has 1 aliphatic rings. The minimum absolute atomic E-state index is 0.105. The monoisotopic (exact) mass is 171 g/mol. The molecule has 0 aromatic heterocycles. The van der Waals surface area contributed by atoms with Gasteiger partial charge in [-0.25, -0.2) is 0 Å². The van der Waals surface area contributed by atoms with Crippen LogP contribution in [-0.4, -0.2) is 30.9 Å². The molecule has 0 saturated carbocycles. The number of carbonyl (C=O) groups excluding carboxylic acids is 2. The summed E-state index contributed by atoms with van der Waals surface area (Å²) in [6.45, 7) is 2.48.